The number of benzene rings is 1. The van der Waals surface area contributed by atoms with Crippen LogP contribution in [0.3, 0.4) is 0 Å². The van der Waals surface area contributed by atoms with Crippen LogP contribution >= 0.6 is 0 Å². The third kappa shape index (κ3) is 3.81. The number of aromatic carboxylic acids is 1. The van der Waals surface area contributed by atoms with Gasteiger partial charge in [-0.15, -0.1) is 0 Å². The lowest BCUT2D eigenvalue weighted by molar-refractivity contribution is 0.0692. The lowest BCUT2D eigenvalue weighted by Crippen LogP contribution is -2.27. The molecule has 10 heteroatoms. The number of aromatic hydroxyl groups is 1. The van der Waals surface area contributed by atoms with Crippen molar-refractivity contribution in [1.82, 2.24) is 20.6 Å². The van der Waals surface area contributed by atoms with Crippen molar-refractivity contribution in [2.24, 2.45) is 0 Å². The number of nitrogens with zero attached hydrogens (tertiary/aromatic N) is 2. The fourth-order valence-electron chi connectivity index (χ4n) is 2.75. The summed E-state index contributed by atoms with van der Waals surface area (Å²) >= 11 is 0. The molecule has 148 valence electrons. The minimum absolute atomic E-state index is 0.0244. The maximum atomic E-state index is 13.5. The summed E-state index contributed by atoms with van der Waals surface area (Å²) in [6, 6.07) is 6.38. The molecule has 0 spiro atoms. The van der Waals surface area contributed by atoms with E-state index in [0.29, 0.717) is 5.56 Å². The van der Waals surface area contributed by atoms with Crippen molar-refractivity contribution in [3.05, 3.63) is 64.9 Å². The lowest BCUT2D eigenvalue weighted by Gasteiger charge is -2.12. The average Bonchev–Trinajstić information content (AvgIpc) is 2.72. The number of amides is 2. The minimum atomic E-state index is -1.39. The van der Waals surface area contributed by atoms with Crippen LogP contribution in [0.2, 0.25) is 0 Å². The number of nitrogens with one attached hydrogen (secondary N) is 2. The van der Waals surface area contributed by atoms with E-state index in [1.54, 1.807) is 0 Å². The van der Waals surface area contributed by atoms with Gasteiger partial charge in [0.15, 0.2) is 17.1 Å². The summed E-state index contributed by atoms with van der Waals surface area (Å²) in [7, 11) is 1.38. The van der Waals surface area contributed by atoms with E-state index in [4.69, 9.17) is 0 Å². The smallest absolute Gasteiger partial charge is 0.355 e. The van der Waals surface area contributed by atoms with Crippen molar-refractivity contribution in [2.45, 2.75) is 6.54 Å². The van der Waals surface area contributed by atoms with Gasteiger partial charge in [0, 0.05) is 30.7 Å². The average molecular weight is 398 g/mol. The molecule has 0 aliphatic rings. The largest absolute Gasteiger partial charge is 0.504 e. The summed E-state index contributed by atoms with van der Waals surface area (Å²) in [4.78, 5) is 43.6. The topological polar surface area (TPSA) is 142 Å². The highest BCUT2D eigenvalue weighted by molar-refractivity contribution is 6.07. The molecule has 1 aromatic carbocycles. The normalized spacial score (nSPS) is 10.6. The number of hydrogen-bond donors (Lipinski definition) is 4. The second-order valence-electron chi connectivity index (χ2n) is 5.93. The molecule has 29 heavy (non-hydrogen) atoms. The number of hydrogen-bond acceptors (Lipinski definition) is 6. The Balaban J connectivity index is 1.95. The second-order valence-corrected chi connectivity index (χ2v) is 5.93. The quantitative estimate of drug-likeness (QED) is 0.510. The van der Waals surface area contributed by atoms with Gasteiger partial charge < -0.3 is 20.8 Å². The van der Waals surface area contributed by atoms with Crippen LogP contribution in [-0.2, 0) is 6.54 Å². The first-order chi connectivity index (χ1) is 13.8. The number of rotatable bonds is 5. The summed E-state index contributed by atoms with van der Waals surface area (Å²) in [5, 5.41) is 24.6. The van der Waals surface area contributed by atoms with E-state index < -0.39 is 40.7 Å². The van der Waals surface area contributed by atoms with Gasteiger partial charge in [0.1, 0.15) is 11.3 Å². The van der Waals surface area contributed by atoms with E-state index >= 15 is 0 Å². The predicted octanol–water partition coefficient (Wildman–Crippen LogP) is 1.46. The molecule has 0 radical (unpaired) electrons. The number of aromatic nitrogens is 2. The minimum Gasteiger partial charge on any atom is -0.504 e. The molecule has 0 fully saturated rings. The Bertz CT molecular complexity index is 1150. The summed E-state index contributed by atoms with van der Waals surface area (Å²) in [5.74, 6) is -4.02. The molecule has 0 aliphatic carbocycles. The molecule has 2 heterocycles. The van der Waals surface area contributed by atoms with Crippen molar-refractivity contribution in [3.8, 4) is 5.75 Å². The molecule has 9 nitrogen and oxygen atoms in total. The van der Waals surface area contributed by atoms with Gasteiger partial charge in [-0.1, -0.05) is 6.07 Å². The fraction of sp³-hybridized carbons (Fsp3) is 0.105. The second kappa shape index (κ2) is 7.89. The Morgan fingerprint density at radius 2 is 1.90 bits per heavy atom. The van der Waals surface area contributed by atoms with Gasteiger partial charge >= 0.3 is 5.97 Å². The zero-order valence-corrected chi connectivity index (χ0v) is 15.1. The molecule has 0 atom stereocenters. The zero-order chi connectivity index (χ0) is 21.1. The van der Waals surface area contributed by atoms with Crippen molar-refractivity contribution < 1.29 is 29.0 Å². The first kappa shape index (κ1) is 19.7. The molecule has 2 aromatic heterocycles. The van der Waals surface area contributed by atoms with Crippen molar-refractivity contribution in [2.75, 3.05) is 7.05 Å². The summed E-state index contributed by atoms with van der Waals surface area (Å²) < 4.78 is 13.5. The van der Waals surface area contributed by atoms with Crippen molar-refractivity contribution in [3.63, 3.8) is 0 Å². The van der Waals surface area contributed by atoms with E-state index in [-0.39, 0.29) is 23.0 Å². The molecule has 0 saturated heterocycles. The monoisotopic (exact) mass is 398 g/mol. The SMILES string of the molecule is CNC(=O)c1cc(F)ccc1CNC(=O)c1nc(C(=O)O)c2cccnc2c1O. The highest BCUT2D eigenvalue weighted by Crippen LogP contribution is 2.27. The first-order valence-electron chi connectivity index (χ1n) is 8.33. The molecule has 3 aromatic rings. The van der Waals surface area contributed by atoms with Gasteiger partial charge in [0.25, 0.3) is 11.8 Å². The third-order valence-corrected chi connectivity index (χ3v) is 4.14. The highest BCUT2D eigenvalue weighted by atomic mass is 19.1. The molecular formula is C19H15FN4O5. The van der Waals surface area contributed by atoms with Crippen LogP contribution in [0.25, 0.3) is 10.9 Å². The van der Waals surface area contributed by atoms with E-state index in [9.17, 15) is 29.0 Å². The molecule has 0 aliphatic heterocycles. The molecule has 3 rings (SSSR count). The number of halogens is 1. The Hall–Kier alpha value is -4.08. The third-order valence-electron chi connectivity index (χ3n) is 4.14. The number of carbonyl (C=O) groups excluding carboxylic acids is 2. The van der Waals surface area contributed by atoms with E-state index in [1.807, 2.05) is 0 Å². The van der Waals surface area contributed by atoms with Crippen LogP contribution in [-0.4, -0.2) is 45.0 Å². The predicted molar refractivity (Wildman–Crippen MR) is 99.1 cm³/mol. The molecule has 0 unspecified atom stereocenters. The summed E-state index contributed by atoms with van der Waals surface area (Å²) in [6.45, 7) is -0.189. The van der Waals surface area contributed by atoms with Crippen LogP contribution in [0.1, 0.15) is 36.9 Å². The zero-order valence-electron chi connectivity index (χ0n) is 15.1. The lowest BCUT2D eigenvalue weighted by atomic mass is 10.1. The number of fused-ring (bicyclic) bond motifs is 1. The van der Waals surface area contributed by atoms with Gasteiger partial charge in [-0.3, -0.25) is 14.6 Å². The number of carboxylic acid groups (broad SMARTS) is 1. The van der Waals surface area contributed by atoms with Crippen LogP contribution in [0.5, 0.6) is 5.75 Å². The summed E-state index contributed by atoms with van der Waals surface area (Å²) in [6.07, 6.45) is 1.34. The number of pyridine rings is 2. The van der Waals surface area contributed by atoms with Crippen molar-refractivity contribution >= 4 is 28.7 Å². The van der Waals surface area contributed by atoms with Crippen LogP contribution in [0, 0.1) is 5.82 Å². The maximum Gasteiger partial charge on any atom is 0.355 e. The number of carboxylic acids is 1. The van der Waals surface area contributed by atoms with Gasteiger partial charge in [0.2, 0.25) is 0 Å². The summed E-state index contributed by atoms with van der Waals surface area (Å²) in [5.41, 5.74) is -0.716. The van der Waals surface area contributed by atoms with Crippen LogP contribution in [0.4, 0.5) is 4.39 Å². The molecule has 0 bridgehead atoms. The maximum absolute atomic E-state index is 13.5. The van der Waals surface area contributed by atoms with Gasteiger partial charge in [0.05, 0.1) is 0 Å². The van der Waals surface area contributed by atoms with E-state index in [1.165, 1.54) is 31.4 Å². The van der Waals surface area contributed by atoms with Crippen LogP contribution in [0.15, 0.2) is 36.5 Å². The number of carbonyl (C=O) groups is 3. The molecule has 2 amide bonds. The Morgan fingerprint density at radius 3 is 2.59 bits per heavy atom. The van der Waals surface area contributed by atoms with E-state index in [2.05, 4.69) is 20.6 Å². The van der Waals surface area contributed by atoms with E-state index in [0.717, 1.165) is 12.1 Å². The Kier molecular flexibility index (Phi) is 5.35. The molecule has 0 saturated carbocycles. The van der Waals surface area contributed by atoms with Gasteiger partial charge in [-0.2, -0.15) is 0 Å². The fourth-order valence-corrected chi connectivity index (χ4v) is 2.75. The van der Waals surface area contributed by atoms with Crippen molar-refractivity contribution in [1.29, 1.82) is 0 Å². The molecule has 4 N–H and O–H groups in total. The molecular weight excluding hydrogens is 383 g/mol. The van der Waals surface area contributed by atoms with Gasteiger partial charge in [-0.05, 0) is 29.8 Å². The Labute approximate surface area is 163 Å². The first-order valence-corrected chi connectivity index (χ1v) is 8.33. The van der Waals surface area contributed by atoms with Crippen LogP contribution < -0.4 is 10.6 Å². The van der Waals surface area contributed by atoms with Gasteiger partial charge in [-0.25, -0.2) is 14.2 Å². The Morgan fingerprint density at radius 1 is 1.14 bits per heavy atom. The standard InChI is InChI=1S/C19H15FN4O5/c1-21-17(26)12-7-10(20)5-4-9(12)8-23-18(27)15-16(25)13-11(3-2-6-22-13)14(24-15)19(28)29/h2-7,25H,8H2,1H3,(H,21,26)(H,23,27)(H,28,29). The highest BCUT2D eigenvalue weighted by Gasteiger charge is 2.23.